The smallest absolute Gasteiger partial charge is 0.700 e. The summed E-state index contributed by atoms with van der Waals surface area (Å²) < 4.78 is 1.86. The van der Waals surface area contributed by atoms with Gasteiger partial charge in [-0.1, -0.05) is 11.2 Å². The summed E-state index contributed by atoms with van der Waals surface area (Å²) in [6.07, 6.45) is 1.29. The fourth-order valence-corrected chi connectivity index (χ4v) is 721. The van der Waals surface area contributed by atoms with Gasteiger partial charge in [0.05, 0.1) is 0 Å². The van der Waals surface area contributed by atoms with Crippen molar-refractivity contribution in [2.45, 2.75) is 6.92 Å². The van der Waals surface area contributed by atoms with E-state index in [-0.39, 0.29) is 80.7 Å². The molecule has 111 heavy (non-hydrogen) atoms. The van der Waals surface area contributed by atoms with E-state index in [1.165, 1.54) is 24.3 Å². The van der Waals surface area contributed by atoms with Crippen LogP contribution in [0.2, 0.25) is 0 Å². The first-order valence-corrected chi connectivity index (χ1v) is 146. The zero-order valence-corrected chi connectivity index (χ0v) is 129. The second-order valence-corrected chi connectivity index (χ2v) is 346. The van der Waals surface area contributed by atoms with Crippen molar-refractivity contribution in [3.05, 3.63) is 41.0 Å². The van der Waals surface area contributed by atoms with Crippen molar-refractivity contribution in [2.75, 3.05) is 0 Å². The quantitative estimate of drug-likeness (QED) is 0.0227. The Bertz CT molecular complexity index is 8340. The summed E-state index contributed by atoms with van der Waals surface area (Å²) in [7, 11) is -1.59. The Morgan fingerprint density at radius 2 is 0.459 bits per heavy atom. The molecule has 1 aliphatic rings. The minimum atomic E-state index is -4.18. The van der Waals surface area contributed by atoms with Crippen LogP contribution < -0.4 is 56.1 Å². The molecule has 1 aliphatic carbocycles. The first-order chi connectivity index (χ1) is 46.8. The predicted octanol–water partition coefficient (Wildman–Crippen LogP) is -0.786. The van der Waals surface area contributed by atoms with Crippen LogP contribution >= 0.6 is 21.2 Å². The molecule has 0 radical (unpaired) electrons. The number of rotatable bonds is 32. The molecule has 0 N–H and O–H groups in total. The van der Waals surface area contributed by atoms with E-state index in [4.69, 9.17) is 694 Å². The predicted molar refractivity (Wildman–Crippen MR) is 755 cm³/mol. The van der Waals surface area contributed by atoms with Crippen LogP contribution in [0.4, 0.5) is 0 Å². The molecule has 0 aliphatic heterocycles. The summed E-state index contributed by atoms with van der Waals surface area (Å²) in [6.45, 7) is 1.87. The number of ketones is 2. The first-order valence-electron chi connectivity index (χ1n) is 20.1. The Morgan fingerprint density at radius 3 is 0.613 bits per heavy atom. The Kier molecular flexibility index (Phi) is 54.9. The first kappa shape index (κ1) is 136. The molecule has 1 aromatic carbocycles. The zero-order valence-electron chi connectivity index (χ0n) is 47.9. The van der Waals surface area contributed by atoms with Crippen molar-refractivity contribution in [2.24, 2.45) is 0 Å². The number of allylic oxidation sites excluding steroid dienone is 2. The van der Waals surface area contributed by atoms with Crippen molar-refractivity contribution in [1.82, 2.24) is 0 Å². The third-order valence-electron chi connectivity index (χ3n) is 9.80. The van der Waals surface area contributed by atoms with Gasteiger partial charge in [-0.2, -0.15) is 7.52 Å². The summed E-state index contributed by atoms with van der Waals surface area (Å²) >= 11 is 376. The maximum atomic E-state index is 11.7. The summed E-state index contributed by atoms with van der Waals surface area (Å²) in [4.78, 5) is 33.5. The normalized spacial score (nSPS) is 16.7. The Hall–Kier alpha value is 24.8. The van der Waals surface area contributed by atoms with E-state index in [1.807, 2.05) is 0 Å². The number of fused-ring (bicyclic) bond motifs is 1. The van der Waals surface area contributed by atoms with Gasteiger partial charge in [0, 0.05) is 192 Å². The van der Waals surface area contributed by atoms with Crippen LogP contribution in [0.1, 0.15) is 27.6 Å². The van der Waals surface area contributed by atoms with Gasteiger partial charge in [-0.15, -0.1) is 0 Å². The van der Waals surface area contributed by atoms with E-state index in [1.54, 1.807) is 28.1 Å². The second kappa shape index (κ2) is 44.9. The third-order valence-corrected chi connectivity index (χ3v) is 610. The Labute approximate surface area is 989 Å². The molecule has 1 atom stereocenters. The molecule has 0 fully saturated rings. The molecule has 2 rings (SSSR count). The van der Waals surface area contributed by atoms with Crippen molar-refractivity contribution in [3.8, 4) is 5.75 Å². The van der Waals surface area contributed by atoms with Crippen LogP contribution in [0.3, 0.4) is 0 Å². The third kappa shape index (κ3) is 22.7. The van der Waals surface area contributed by atoms with Crippen molar-refractivity contribution in [3.63, 3.8) is 0 Å². The van der Waals surface area contributed by atoms with Crippen molar-refractivity contribution < 1.29 is 70.5 Å². The number of hydrogen-bond donors (Lipinski definition) is 0. The topological polar surface area (TPSA) is 60.4 Å². The van der Waals surface area contributed by atoms with Gasteiger partial charge in [-0.05, 0) is 702 Å². The van der Waals surface area contributed by atoms with Gasteiger partial charge in [-0.3, -0.25) is 14.4 Å². The molecule has 646 valence electrons. The van der Waals surface area contributed by atoms with E-state index < -0.39 is 162 Å². The SMILES string of the molecule is CC1=CC(=O)c2cc(OC=O)ccc2C1=O.S=S([S-])S(=S)(=S)S(=S)(=S)S(=S)(=S)S(=S)(=S)S(=S)(=S)S(=S)(=S)S(=S)(=S)S(=S)(=S)S(=S)(=S)S(=S)(=S)S(=S)(=S)S(=S)(=S)S(=S)(=S)S(=S)(=S)S(=S)(=S)S(=S)(=S)S(=S)(=S)S(=S)(=S)S(=S)(=S)S(=S)(=S)S(=S)(=S)S(=S)(=S)S(=S)(=S)S(=S)(=S)S(=S)(=S)S(=S)(=S)S(=S)(=S)S(=S)(=S)S(=S)(=S)S(=S)(=S)I.[K+]. The minimum absolute atomic E-state index is 0. The van der Waals surface area contributed by atoms with E-state index >= 15 is 0 Å². The molecule has 1 aromatic rings. The number of Topliss-reactive ketones (excluding diaryl/α,β-unsaturated/α-hetero) is 1. The number of halogens is 1. The zero-order chi connectivity index (χ0) is 90.3. The number of benzene rings is 1. The molecule has 0 saturated heterocycles. The Morgan fingerprint density at radius 1 is 0.297 bits per heavy atom. The molecule has 0 spiro atoms. The summed E-state index contributed by atoms with van der Waals surface area (Å²) in [5.74, 6) is -0.168. The fraction of sp³-hybridized carbons (Fsp3) is 0.0833. The van der Waals surface area contributed by atoms with Gasteiger partial charge in [0.15, 0.2) is 11.6 Å². The molecule has 0 saturated carbocycles. The minimum Gasteiger partial charge on any atom is -0.700 e. The summed E-state index contributed by atoms with van der Waals surface area (Å²) in [5.41, 5.74) is 1.04. The number of carbonyl (C=O) groups excluding carboxylic acids is 3. The van der Waals surface area contributed by atoms with Crippen molar-refractivity contribution >= 4 is 895 Å². The largest absolute Gasteiger partial charge is 1.00 e. The molecule has 4 nitrogen and oxygen atoms in total. The molecular formula is C12H8IKO4S93. The van der Waals surface area contributed by atoms with Crippen LogP contribution in [0, 0.1) is 0 Å². The van der Waals surface area contributed by atoms with Crippen LogP contribution in [-0.4, -0.2) is 18.0 Å². The van der Waals surface area contributed by atoms with Crippen molar-refractivity contribution in [1.29, 1.82) is 0 Å². The molecule has 0 heterocycles. The van der Waals surface area contributed by atoms with Gasteiger partial charge in [0.1, 0.15) is 5.75 Å². The molecule has 99 heteroatoms. The standard InChI is InChI=1S/C12H8O4.HIS93.K/c1-7-4-11(14)10-5-8(16-6-13)2-3-9(10)12(7)15;1-65(4,5)67(8,9)69(12,13)71(16,17)73(20,21)75(24,25)77(28,29)79(32,33)81(36,37)83(40,41)85(44,45)87(48,49)89(52,53)91(56,57)93(60,61)94(62,63)92(58,59)90(54,55)88(50,51)86(46,47)84(42,43)82(38,39)80(34,35)78(30,31)76(26,27)74(22,23)72(18,19)70(14,15)68(10,11)66(6,7)64(2)3;/h2-6H,1H3;(H,2,3);/q;;+1/p-1. The average Bonchev–Trinajstić information content (AvgIpc) is 0.676. The maximum absolute atomic E-state index is 11.7. The van der Waals surface area contributed by atoms with E-state index in [0.29, 0.717) is 11.1 Å². The van der Waals surface area contributed by atoms with Crippen LogP contribution in [-0.2, 0) is 861 Å². The monoisotopic (exact) mass is 3360 g/mol. The van der Waals surface area contributed by atoms with Gasteiger partial charge >= 0.3 is 51.4 Å². The summed E-state index contributed by atoms with van der Waals surface area (Å²) in [5, 5.41) is -114. The van der Waals surface area contributed by atoms with Gasteiger partial charge in [-0.25, -0.2) is 0 Å². The molecule has 0 bridgehead atoms. The number of carbonyl (C=O) groups is 3. The van der Waals surface area contributed by atoms with Gasteiger partial charge in [0.25, 0.3) is 6.47 Å². The molecule has 0 amide bonds. The van der Waals surface area contributed by atoms with Crippen LogP contribution in [0.15, 0.2) is 29.8 Å². The Balaban J connectivity index is 0.00000621. The molecular weight excluding hydrogens is 3360 g/mol. The number of hydrogen-bond acceptors (Lipinski definition) is 66. The number of ether oxygens (including phenoxy) is 1. The van der Waals surface area contributed by atoms with Crippen LogP contribution in [0.5, 0.6) is 5.75 Å². The van der Waals surface area contributed by atoms with Gasteiger partial charge in [0.2, 0.25) is 0 Å². The van der Waals surface area contributed by atoms with E-state index in [0.717, 1.165) is 0 Å². The average molecular weight is 3360 g/mol. The van der Waals surface area contributed by atoms with Gasteiger partial charge < -0.3 is 16.4 Å². The fourth-order valence-electron chi connectivity index (χ4n) is 4.53. The van der Waals surface area contributed by atoms with E-state index in [9.17, 15) is 14.4 Å². The van der Waals surface area contributed by atoms with E-state index in [2.05, 4.69) is 4.74 Å². The summed E-state index contributed by atoms with van der Waals surface area (Å²) in [6, 6.07) is 4.37. The molecule has 1 unspecified atom stereocenters. The van der Waals surface area contributed by atoms with Crippen LogP contribution in [0.25, 0.3) is 0 Å². The second-order valence-electron chi connectivity index (χ2n) is 15.9. The maximum Gasteiger partial charge on any atom is 1.00 e. The molecule has 0 aromatic heterocycles.